The Balaban J connectivity index is 1.85. The second-order valence-electron chi connectivity index (χ2n) is 5.23. The van der Waals surface area contributed by atoms with E-state index < -0.39 is 0 Å². The van der Waals surface area contributed by atoms with Crippen LogP contribution in [0.2, 0.25) is 5.02 Å². The molecule has 0 aromatic heterocycles. The van der Waals surface area contributed by atoms with Crippen LogP contribution in [0.5, 0.6) is 0 Å². The molecular weight excluding hydrogens is 308 g/mol. The number of rotatable bonds is 6. The van der Waals surface area contributed by atoms with Crippen molar-refractivity contribution < 1.29 is 9.53 Å². The summed E-state index contributed by atoms with van der Waals surface area (Å²) >= 11 is 11.0. The molecule has 114 valence electrons. The average Bonchev–Trinajstić information content (AvgIpc) is 2.38. The molecule has 3 N–H and O–H groups in total. The maximum atomic E-state index is 12.0. The summed E-state index contributed by atoms with van der Waals surface area (Å²) < 4.78 is 5.49. The van der Waals surface area contributed by atoms with Gasteiger partial charge in [0.1, 0.15) is 4.99 Å². The van der Waals surface area contributed by atoms with Crippen LogP contribution in [0.25, 0.3) is 0 Å². The van der Waals surface area contributed by atoms with Gasteiger partial charge in [0, 0.05) is 18.6 Å². The fraction of sp³-hybridized carbons (Fsp3) is 0.467. The van der Waals surface area contributed by atoms with Crippen molar-refractivity contribution >= 4 is 40.4 Å². The van der Waals surface area contributed by atoms with E-state index in [1.165, 1.54) is 0 Å². The zero-order valence-electron chi connectivity index (χ0n) is 11.9. The van der Waals surface area contributed by atoms with E-state index in [4.69, 9.17) is 34.3 Å². The fourth-order valence-electron chi connectivity index (χ4n) is 2.45. The predicted octanol–water partition coefficient (Wildman–Crippen LogP) is 3.12. The van der Waals surface area contributed by atoms with Gasteiger partial charge in [-0.1, -0.05) is 23.8 Å². The highest BCUT2D eigenvalue weighted by atomic mass is 35.5. The van der Waals surface area contributed by atoms with Gasteiger partial charge in [0.2, 0.25) is 5.91 Å². The molecule has 0 atom stereocenters. The van der Waals surface area contributed by atoms with Gasteiger partial charge in [-0.2, -0.15) is 0 Å². The fourth-order valence-corrected chi connectivity index (χ4v) is 2.80. The van der Waals surface area contributed by atoms with Crippen molar-refractivity contribution in [2.24, 2.45) is 11.7 Å². The van der Waals surface area contributed by atoms with E-state index in [9.17, 15) is 4.79 Å². The van der Waals surface area contributed by atoms with Crippen LogP contribution in [0.15, 0.2) is 18.2 Å². The monoisotopic (exact) mass is 326 g/mol. The van der Waals surface area contributed by atoms with E-state index in [1.54, 1.807) is 18.2 Å². The summed E-state index contributed by atoms with van der Waals surface area (Å²) in [5.74, 6) is 0.371. The van der Waals surface area contributed by atoms with Gasteiger partial charge in [-0.05, 0) is 43.9 Å². The molecule has 1 aliphatic carbocycles. The minimum absolute atomic E-state index is 0.0278. The van der Waals surface area contributed by atoms with Crippen molar-refractivity contribution in [2.45, 2.75) is 32.3 Å². The Morgan fingerprint density at radius 3 is 2.81 bits per heavy atom. The number of anilines is 1. The summed E-state index contributed by atoms with van der Waals surface area (Å²) in [7, 11) is 0. The molecule has 6 heteroatoms. The highest BCUT2D eigenvalue weighted by Gasteiger charge is 2.31. The molecule has 4 nitrogen and oxygen atoms in total. The lowest BCUT2D eigenvalue weighted by atomic mass is 9.80. The first-order valence-electron chi connectivity index (χ1n) is 7.00. The molecule has 0 spiro atoms. The summed E-state index contributed by atoms with van der Waals surface area (Å²) in [5.41, 5.74) is 6.81. The minimum Gasteiger partial charge on any atom is -0.389 e. The van der Waals surface area contributed by atoms with E-state index in [-0.39, 0.29) is 10.9 Å². The summed E-state index contributed by atoms with van der Waals surface area (Å²) in [4.78, 5) is 12.3. The normalized spacial score (nSPS) is 20.7. The van der Waals surface area contributed by atoms with Gasteiger partial charge in [0.25, 0.3) is 0 Å². The third-order valence-corrected chi connectivity index (χ3v) is 4.14. The third-order valence-electron chi connectivity index (χ3n) is 3.60. The Kier molecular flexibility index (Phi) is 5.56. The molecule has 1 amide bonds. The number of thiocarbonyl (C=S) groups is 1. The van der Waals surface area contributed by atoms with E-state index in [2.05, 4.69) is 5.32 Å². The molecular formula is C15H19ClN2O2S. The van der Waals surface area contributed by atoms with E-state index in [1.807, 2.05) is 6.92 Å². The quantitative estimate of drug-likeness (QED) is 0.788. The van der Waals surface area contributed by atoms with Crippen LogP contribution in [0, 0.1) is 5.92 Å². The molecule has 0 aliphatic heterocycles. The minimum atomic E-state index is -0.0278. The molecule has 0 radical (unpaired) electrons. The first kappa shape index (κ1) is 16.2. The number of ether oxygens (including phenoxy) is 1. The number of hydrogen-bond acceptors (Lipinski definition) is 3. The van der Waals surface area contributed by atoms with Crippen LogP contribution in [-0.4, -0.2) is 23.6 Å². The number of nitrogens with two attached hydrogens (primary N) is 1. The lowest BCUT2D eigenvalue weighted by Gasteiger charge is -2.34. The molecule has 1 aromatic rings. The molecule has 2 rings (SSSR count). The number of halogens is 1. The van der Waals surface area contributed by atoms with Crippen molar-refractivity contribution in [3.8, 4) is 0 Å². The Hall–Kier alpha value is -1.17. The first-order valence-corrected chi connectivity index (χ1v) is 7.79. The van der Waals surface area contributed by atoms with E-state index >= 15 is 0 Å². The number of hydrogen-bond donors (Lipinski definition) is 2. The van der Waals surface area contributed by atoms with Gasteiger partial charge in [0.05, 0.1) is 16.8 Å². The van der Waals surface area contributed by atoms with E-state index in [0.717, 1.165) is 19.4 Å². The average molecular weight is 327 g/mol. The lowest BCUT2D eigenvalue weighted by molar-refractivity contribution is -0.119. The number of benzene rings is 1. The predicted molar refractivity (Wildman–Crippen MR) is 88.7 cm³/mol. The maximum Gasteiger partial charge on any atom is 0.224 e. The zero-order valence-corrected chi connectivity index (χ0v) is 13.5. The zero-order chi connectivity index (χ0) is 15.4. The SMILES string of the molecule is CCOC1CC(CC(=O)Nc2ccc(C(N)=S)cc2Cl)C1. The maximum absolute atomic E-state index is 12.0. The summed E-state index contributed by atoms with van der Waals surface area (Å²) in [6.45, 7) is 2.72. The van der Waals surface area contributed by atoms with E-state index in [0.29, 0.717) is 34.7 Å². The van der Waals surface area contributed by atoms with Crippen molar-refractivity contribution in [3.05, 3.63) is 28.8 Å². The van der Waals surface area contributed by atoms with Crippen molar-refractivity contribution in [3.63, 3.8) is 0 Å². The molecule has 0 saturated heterocycles. The summed E-state index contributed by atoms with van der Waals surface area (Å²) in [6.07, 6.45) is 2.73. The highest BCUT2D eigenvalue weighted by Crippen LogP contribution is 2.33. The largest absolute Gasteiger partial charge is 0.389 e. The van der Waals surface area contributed by atoms with Crippen LogP contribution >= 0.6 is 23.8 Å². The van der Waals surface area contributed by atoms with Crippen molar-refractivity contribution in [1.82, 2.24) is 0 Å². The first-order chi connectivity index (χ1) is 9.99. The van der Waals surface area contributed by atoms with Gasteiger partial charge >= 0.3 is 0 Å². The molecule has 1 saturated carbocycles. The number of amides is 1. The van der Waals surface area contributed by atoms with Crippen LogP contribution in [0.1, 0.15) is 31.7 Å². The molecule has 1 aliphatic rings. The Labute approximate surface area is 135 Å². The molecule has 1 aromatic carbocycles. The van der Waals surface area contributed by atoms with Crippen molar-refractivity contribution in [2.75, 3.05) is 11.9 Å². The second-order valence-corrected chi connectivity index (χ2v) is 6.07. The Morgan fingerprint density at radius 1 is 1.52 bits per heavy atom. The molecule has 0 bridgehead atoms. The van der Waals surface area contributed by atoms with Crippen LogP contribution in [0.4, 0.5) is 5.69 Å². The van der Waals surface area contributed by atoms with Crippen LogP contribution < -0.4 is 11.1 Å². The smallest absolute Gasteiger partial charge is 0.224 e. The highest BCUT2D eigenvalue weighted by molar-refractivity contribution is 7.80. The molecule has 0 unspecified atom stereocenters. The Morgan fingerprint density at radius 2 is 2.24 bits per heavy atom. The molecule has 1 fully saturated rings. The molecule has 0 heterocycles. The van der Waals surface area contributed by atoms with Crippen molar-refractivity contribution in [1.29, 1.82) is 0 Å². The van der Waals surface area contributed by atoms with Gasteiger partial charge in [-0.15, -0.1) is 0 Å². The summed E-state index contributed by atoms with van der Waals surface area (Å²) in [5, 5.41) is 3.27. The standard InChI is InChI=1S/C15H19ClN2O2S/c1-2-20-11-5-9(6-11)7-14(19)18-13-4-3-10(15(17)21)8-12(13)16/h3-4,8-9,11H,2,5-7H2,1H3,(H2,17,21)(H,18,19). The van der Waals surface area contributed by atoms with Gasteiger partial charge in [-0.3, -0.25) is 4.79 Å². The van der Waals surface area contributed by atoms with Crippen LogP contribution in [0.3, 0.4) is 0 Å². The lowest BCUT2D eigenvalue weighted by Crippen LogP contribution is -2.33. The summed E-state index contributed by atoms with van der Waals surface area (Å²) in [6, 6.07) is 5.13. The van der Waals surface area contributed by atoms with Gasteiger partial charge in [-0.25, -0.2) is 0 Å². The van der Waals surface area contributed by atoms with Crippen LogP contribution in [-0.2, 0) is 9.53 Å². The topological polar surface area (TPSA) is 64.3 Å². The number of nitrogens with one attached hydrogen (secondary N) is 1. The number of carbonyl (C=O) groups excluding carboxylic acids is 1. The Bertz CT molecular complexity index is 544. The third kappa shape index (κ3) is 4.40. The number of carbonyl (C=O) groups is 1. The van der Waals surface area contributed by atoms with Gasteiger partial charge < -0.3 is 15.8 Å². The second kappa shape index (κ2) is 7.20. The molecule has 21 heavy (non-hydrogen) atoms. The van der Waals surface area contributed by atoms with Gasteiger partial charge in [0.15, 0.2) is 0 Å².